The van der Waals surface area contributed by atoms with Gasteiger partial charge in [-0.15, -0.1) is 11.8 Å². The van der Waals surface area contributed by atoms with E-state index in [0.29, 0.717) is 0 Å². The van der Waals surface area contributed by atoms with E-state index >= 15 is 0 Å². The van der Waals surface area contributed by atoms with E-state index < -0.39 is 0 Å². The highest BCUT2D eigenvalue weighted by Gasteiger charge is 2.42. The Bertz CT molecular complexity index is 783. The summed E-state index contributed by atoms with van der Waals surface area (Å²) < 4.78 is 0.0304. The molecule has 0 N–H and O–H groups in total. The van der Waals surface area contributed by atoms with Crippen molar-refractivity contribution in [1.82, 2.24) is 4.90 Å². The molecule has 1 atom stereocenters. The molecule has 0 amide bonds. The number of rotatable bonds is 1. The minimum absolute atomic E-state index is 0.0304. The molecule has 0 aliphatic carbocycles. The van der Waals surface area contributed by atoms with E-state index in [9.17, 15) is 0 Å². The summed E-state index contributed by atoms with van der Waals surface area (Å²) in [6.45, 7) is 6.98. The smallest absolute Gasteiger partial charge is 0.0681 e. The molecule has 0 radical (unpaired) electrons. The minimum atomic E-state index is 0.0304. The largest absolute Gasteiger partial charge is 0.306 e. The summed E-state index contributed by atoms with van der Waals surface area (Å²) >= 11 is 2.03. The molecule has 2 aliphatic heterocycles. The van der Waals surface area contributed by atoms with Crippen LogP contribution in [0.2, 0.25) is 0 Å². The van der Waals surface area contributed by atoms with Crippen molar-refractivity contribution in [2.45, 2.75) is 36.3 Å². The van der Waals surface area contributed by atoms with Crippen molar-refractivity contribution in [2.24, 2.45) is 0 Å². The molecule has 24 heavy (non-hydrogen) atoms. The lowest BCUT2D eigenvalue weighted by Gasteiger charge is -2.32. The first-order valence-corrected chi connectivity index (χ1v) is 9.66. The number of likely N-dealkylation sites (tertiary alicyclic amines) is 1. The maximum atomic E-state index is 2.45. The van der Waals surface area contributed by atoms with Gasteiger partial charge in [-0.2, -0.15) is 0 Å². The van der Waals surface area contributed by atoms with Gasteiger partial charge in [0.15, 0.2) is 0 Å². The van der Waals surface area contributed by atoms with Gasteiger partial charge in [-0.3, -0.25) is 0 Å². The van der Waals surface area contributed by atoms with Crippen LogP contribution in [0.3, 0.4) is 0 Å². The summed E-state index contributed by atoms with van der Waals surface area (Å²) in [7, 11) is 2.24. The van der Waals surface area contributed by atoms with Gasteiger partial charge in [0.05, 0.1) is 4.75 Å². The van der Waals surface area contributed by atoms with Gasteiger partial charge >= 0.3 is 0 Å². The highest BCUT2D eigenvalue weighted by molar-refractivity contribution is 8.01. The van der Waals surface area contributed by atoms with Gasteiger partial charge in [-0.25, -0.2) is 0 Å². The van der Waals surface area contributed by atoms with Crippen LogP contribution in [-0.4, -0.2) is 25.0 Å². The zero-order chi connectivity index (χ0) is 16.7. The molecular weight excluding hydrogens is 310 g/mol. The minimum Gasteiger partial charge on any atom is -0.306 e. The molecule has 2 aliphatic rings. The van der Waals surface area contributed by atoms with Crippen LogP contribution in [0.25, 0.3) is 5.57 Å². The highest BCUT2D eigenvalue weighted by Crippen LogP contribution is 2.60. The fourth-order valence-corrected chi connectivity index (χ4v) is 5.54. The fraction of sp³-hybridized carbons (Fsp3) is 0.364. The van der Waals surface area contributed by atoms with Crippen molar-refractivity contribution in [1.29, 1.82) is 0 Å². The van der Waals surface area contributed by atoms with E-state index in [1.54, 1.807) is 11.1 Å². The summed E-state index contributed by atoms with van der Waals surface area (Å²) in [6.07, 6.45) is 2.39. The van der Waals surface area contributed by atoms with Crippen LogP contribution < -0.4 is 0 Å². The molecule has 1 unspecified atom stereocenters. The number of nitrogens with zero attached hydrogens (tertiary/aromatic N) is 1. The Morgan fingerprint density at radius 3 is 2.42 bits per heavy atom. The number of thioether (sulfide) groups is 1. The van der Waals surface area contributed by atoms with Crippen LogP contribution in [0.4, 0.5) is 0 Å². The molecule has 0 saturated carbocycles. The maximum absolute atomic E-state index is 2.45. The lowest BCUT2D eigenvalue weighted by molar-refractivity contribution is 0.312. The van der Waals surface area contributed by atoms with Gasteiger partial charge < -0.3 is 4.90 Å². The average Bonchev–Trinajstić information content (AvgIpc) is 2.89. The van der Waals surface area contributed by atoms with Crippen molar-refractivity contribution in [2.75, 3.05) is 20.1 Å². The molecule has 0 bridgehead atoms. The molecule has 0 spiro atoms. The standard InChI is InChI=1S/C22H25NS/c1-16-9-10-20-19(15-16)21(17-11-13-23(3)14-12-17)22(2,24-20)18-7-5-4-6-8-18/h4-10,15H,11-14H2,1-3H3. The number of piperidine rings is 1. The molecule has 124 valence electrons. The predicted molar refractivity (Wildman–Crippen MR) is 104 cm³/mol. The van der Waals surface area contributed by atoms with E-state index in [0.717, 1.165) is 0 Å². The van der Waals surface area contributed by atoms with Gasteiger partial charge in [0, 0.05) is 18.0 Å². The van der Waals surface area contributed by atoms with E-state index in [1.807, 2.05) is 11.8 Å². The molecular formula is C22H25NS. The first kappa shape index (κ1) is 16.0. The lowest BCUT2D eigenvalue weighted by atomic mass is 9.81. The zero-order valence-corrected chi connectivity index (χ0v) is 15.6. The van der Waals surface area contributed by atoms with Crippen LogP contribution in [-0.2, 0) is 4.75 Å². The van der Waals surface area contributed by atoms with Crippen LogP contribution in [0.1, 0.15) is 36.5 Å². The first-order valence-electron chi connectivity index (χ1n) is 8.84. The lowest BCUT2D eigenvalue weighted by Crippen LogP contribution is -2.28. The fourth-order valence-electron chi connectivity index (χ4n) is 4.08. The Morgan fingerprint density at radius 2 is 1.71 bits per heavy atom. The average molecular weight is 336 g/mol. The molecule has 4 rings (SSSR count). The molecule has 2 aromatic carbocycles. The second kappa shape index (κ2) is 6.09. The third-order valence-corrected chi connectivity index (χ3v) is 6.89. The molecule has 1 nitrogen and oxygen atoms in total. The van der Waals surface area contributed by atoms with Gasteiger partial charge in [-0.05, 0) is 56.5 Å². The molecule has 2 heterocycles. The number of aryl methyl sites for hydroxylation is 1. The van der Waals surface area contributed by atoms with Gasteiger partial charge in [0.1, 0.15) is 0 Å². The van der Waals surface area contributed by atoms with Crippen LogP contribution in [0.15, 0.2) is 59.0 Å². The van der Waals surface area contributed by atoms with Crippen LogP contribution >= 0.6 is 11.8 Å². The van der Waals surface area contributed by atoms with Crippen molar-refractivity contribution in [3.63, 3.8) is 0 Å². The topological polar surface area (TPSA) is 3.24 Å². The summed E-state index contributed by atoms with van der Waals surface area (Å²) in [6, 6.07) is 18.0. The van der Waals surface area contributed by atoms with Crippen molar-refractivity contribution in [3.05, 3.63) is 70.8 Å². The monoisotopic (exact) mass is 335 g/mol. The summed E-state index contributed by atoms with van der Waals surface area (Å²) in [4.78, 5) is 3.89. The van der Waals surface area contributed by atoms with Crippen molar-refractivity contribution >= 4 is 17.3 Å². The number of hydrogen-bond donors (Lipinski definition) is 0. The Labute approximate surface area is 149 Å². The van der Waals surface area contributed by atoms with Crippen molar-refractivity contribution in [3.8, 4) is 0 Å². The van der Waals surface area contributed by atoms with Crippen molar-refractivity contribution < 1.29 is 0 Å². The molecule has 2 aromatic rings. The second-order valence-electron chi connectivity index (χ2n) is 7.28. The Morgan fingerprint density at radius 1 is 1.00 bits per heavy atom. The molecule has 1 fully saturated rings. The van der Waals surface area contributed by atoms with E-state index in [2.05, 4.69) is 74.3 Å². The third kappa shape index (κ3) is 2.62. The summed E-state index contributed by atoms with van der Waals surface area (Å²) in [5.74, 6) is 0. The Hall–Kier alpha value is -1.51. The predicted octanol–water partition coefficient (Wildman–Crippen LogP) is 5.50. The Balaban J connectivity index is 1.90. The number of fused-ring (bicyclic) bond motifs is 1. The van der Waals surface area contributed by atoms with Gasteiger partial charge in [0.25, 0.3) is 0 Å². The van der Waals surface area contributed by atoms with Crippen LogP contribution in [0, 0.1) is 6.92 Å². The SMILES string of the molecule is Cc1ccc2c(c1)C(=C1CCN(C)CC1)C(C)(c1ccccc1)S2. The van der Waals surface area contributed by atoms with Crippen LogP contribution in [0.5, 0.6) is 0 Å². The van der Waals surface area contributed by atoms with Gasteiger partial charge in [0.2, 0.25) is 0 Å². The maximum Gasteiger partial charge on any atom is 0.0681 e. The number of hydrogen-bond acceptors (Lipinski definition) is 2. The zero-order valence-electron chi connectivity index (χ0n) is 14.8. The third-order valence-electron chi connectivity index (χ3n) is 5.46. The molecule has 1 saturated heterocycles. The van der Waals surface area contributed by atoms with E-state index in [-0.39, 0.29) is 4.75 Å². The second-order valence-corrected chi connectivity index (χ2v) is 8.74. The summed E-state index contributed by atoms with van der Waals surface area (Å²) in [5, 5.41) is 0. The quantitative estimate of drug-likeness (QED) is 0.677. The van der Waals surface area contributed by atoms with Gasteiger partial charge in [-0.1, -0.05) is 53.6 Å². The molecule has 2 heteroatoms. The molecule has 0 aromatic heterocycles. The first-order chi connectivity index (χ1) is 11.6. The Kier molecular flexibility index (Phi) is 4.06. The number of benzene rings is 2. The highest BCUT2D eigenvalue weighted by atomic mass is 32.2. The van der Waals surface area contributed by atoms with E-state index in [4.69, 9.17) is 0 Å². The normalized spacial score (nSPS) is 24.3. The van der Waals surface area contributed by atoms with E-state index in [1.165, 1.54) is 47.5 Å². The summed E-state index contributed by atoms with van der Waals surface area (Å²) in [5.41, 5.74) is 7.51.